The Morgan fingerprint density at radius 2 is 1.30 bits per heavy atom. The SMILES string of the molecule is [2H]c1c([2H])c([2H])c(Nc2c(C(C)(C)C)cccc2C(C)(C)C)c(Nc2cccc(C(F)c3ccc4c5ccncc5n(-c5cc(C(C)(C)C)ccn5)c4c3)c2)c1[2H]. The maximum atomic E-state index is 16.9. The van der Waals surface area contributed by atoms with Crippen LogP contribution in [0, 0.1) is 0 Å². The molecule has 0 aliphatic heterocycles. The van der Waals surface area contributed by atoms with Crippen molar-refractivity contribution in [1.82, 2.24) is 14.5 Å². The Kier molecular flexibility index (Phi) is 7.91. The molecule has 0 aliphatic rings. The molecule has 3 aromatic heterocycles. The van der Waals surface area contributed by atoms with Gasteiger partial charge in [-0.25, -0.2) is 9.37 Å². The lowest BCUT2D eigenvalue weighted by atomic mass is 9.78. The number of anilines is 4. The molecule has 1 unspecified atom stereocenters. The van der Waals surface area contributed by atoms with Gasteiger partial charge < -0.3 is 10.6 Å². The lowest BCUT2D eigenvalue weighted by Crippen LogP contribution is -2.20. The number of alkyl halides is 1. The van der Waals surface area contributed by atoms with Crippen LogP contribution in [0.2, 0.25) is 0 Å². The second-order valence-corrected chi connectivity index (χ2v) is 16.9. The third-order valence-corrected chi connectivity index (χ3v) is 9.79. The maximum absolute atomic E-state index is 16.9. The van der Waals surface area contributed by atoms with Crippen LogP contribution >= 0.6 is 0 Å². The summed E-state index contributed by atoms with van der Waals surface area (Å²) < 4.78 is 54.1. The first-order valence-electron chi connectivity index (χ1n) is 20.1. The highest BCUT2D eigenvalue weighted by Gasteiger charge is 2.26. The number of fused-ring (bicyclic) bond motifs is 3. The van der Waals surface area contributed by atoms with Gasteiger partial charge in [0.05, 0.1) is 34.1 Å². The van der Waals surface area contributed by atoms with E-state index in [2.05, 4.69) is 96.1 Å². The second kappa shape index (κ2) is 13.5. The molecule has 1 atom stereocenters. The van der Waals surface area contributed by atoms with Gasteiger partial charge in [0.25, 0.3) is 0 Å². The van der Waals surface area contributed by atoms with Crippen molar-refractivity contribution in [2.75, 3.05) is 10.6 Å². The molecule has 4 aromatic carbocycles. The fraction of sp³-hybridized carbons (Fsp3) is 0.277. The van der Waals surface area contributed by atoms with Crippen molar-refractivity contribution in [1.29, 1.82) is 0 Å². The Balaban J connectivity index is 1.30. The fourth-order valence-corrected chi connectivity index (χ4v) is 6.97. The summed E-state index contributed by atoms with van der Waals surface area (Å²) >= 11 is 0. The van der Waals surface area contributed by atoms with Crippen LogP contribution < -0.4 is 10.6 Å². The number of para-hydroxylation sites is 3. The van der Waals surface area contributed by atoms with E-state index in [4.69, 9.17) is 10.5 Å². The average molecular weight is 708 g/mol. The quantitative estimate of drug-likeness (QED) is 0.173. The van der Waals surface area contributed by atoms with Gasteiger partial charge in [0, 0.05) is 34.5 Å². The van der Waals surface area contributed by atoms with Gasteiger partial charge in [0.15, 0.2) is 6.17 Å². The summed E-state index contributed by atoms with van der Waals surface area (Å²) in [5.41, 5.74) is 6.72. The largest absolute Gasteiger partial charge is 0.354 e. The first kappa shape index (κ1) is 31.1. The summed E-state index contributed by atoms with van der Waals surface area (Å²) in [7, 11) is 0. The molecule has 0 fully saturated rings. The van der Waals surface area contributed by atoms with Crippen LogP contribution in [0.5, 0.6) is 0 Å². The summed E-state index contributed by atoms with van der Waals surface area (Å²) in [6.45, 7) is 19.2. The number of nitrogens with zero attached hydrogens (tertiary/aromatic N) is 3. The molecule has 0 saturated carbocycles. The Morgan fingerprint density at radius 3 is 1.98 bits per heavy atom. The van der Waals surface area contributed by atoms with Crippen molar-refractivity contribution < 1.29 is 9.87 Å². The van der Waals surface area contributed by atoms with Crippen molar-refractivity contribution in [3.8, 4) is 5.82 Å². The molecule has 0 bridgehead atoms. The number of pyridine rings is 2. The molecule has 0 amide bonds. The van der Waals surface area contributed by atoms with Crippen LogP contribution in [0.25, 0.3) is 27.6 Å². The van der Waals surface area contributed by atoms with E-state index >= 15 is 4.39 Å². The van der Waals surface area contributed by atoms with Crippen molar-refractivity contribution in [2.45, 2.75) is 84.7 Å². The van der Waals surface area contributed by atoms with Crippen molar-refractivity contribution in [2.24, 2.45) is 0 Å². The molecular weight excluding hydrogens is 654 g/mol. The molecule has 0 radical (unpaired) electrons. The van der Waals surface area contributed by atoms with E-state index in [0.717, 1.165) is 50.0 Å². The summed E-state index contributed by atoms with van der Waals surface area (Å²) in [4.78, 5) is 9.16. The van der Waals surface area contributed by atoms with Crippen LogP contribution in [-0.2, 0) is 16.2 Å². The highest BCUT2D eigenvalue weighted by molar-refractivity contribution is 6.09. The number of rotatable bonds is 7. The average Bonchev–Trinajstić information content (AvgIpc) is 3.50. The zero-order chi connectivity index (χ0) is 41.2. The van der Waals surface area contributed by atoms with Gasteiger partial charge in [0.2, 0.25) is 0 Å². The minimum Gasteiger partial charge on any atom is -0.354 e. The molecule has 0 aliphatic carbocycles. The van der Waals surface area contributed by atoms with Crippen molar-refractivity contribution in [3.05, 3.63) is 149 Å². The van der Waals surface area contributed by atoms with Gasteiger partial charge in [-0.3, -0.25) is 9.55 Å². The van der Waals surface area contributed by atoms with Gasteiger partial charge >= 0.3 is 0 Å². The summed E-state index contributed by atoms with van der Waals surface area (Å²) in [6.07, 6.45) is 3.88. The lowest BCUT2D eigenvalue weighted by Gasteiger charge is -2.31. The molecule has 53 heavy (non-hydrogen) atoms. The molecule has 270 valence electrons. The lowest BCUT2D eigenvalue weighted by molar-refractivity contribution is 0.402. The highest BCUT2D eigenvalue weighted by Crippen LogP contribution is 2.41. The number of halogens is 1. The van der Waals surface area contributed by atoms with Crippen molar-refractivity contribution >= 4 is 44.6 Å². The first-order chi connectivity index (χ1) is 26.8. The minimum atomic E-state index is -1.51. The first-order valence-corrected chi connectivity index (χ1v) is 18.1. The summed E-state index contributed by atoms with van der Waals surface area (Å²) in [5, 5.41) is 8.71. The van der Waals surface area contributed by atoms with E-state index < -0.39 is 6.17 Å². The highest BCUT2D eigenvalue weighted by atomic mass is 19.1. The molecule has 7 aromatic rings. The molecule has 3 heterocycles. The number of benzene rings is 4. The molecule has 7 rings (SSSR count). The molecule has 2 N–H and O–H groups in total. The summed E-state index contributed by atoms with van der Waals surface area (Å²) in [6, 6.07) is 23.6. The standard InChI is InChI=1S/C47H50FN5/c1-45(2,3)32-22-25-50-42(28-32)53-40-27-31(20-21-34(40)35-23-24-49-29-41(35)53)43(48)30-14-12-15-33(26-30)51-38-18-10-11-19-39(38)52-44-36(46(4,5)6)16-13-17-37(44)47(7,8)9/h10-29,43,51-52H,1-9H3/i10D,11D,18D,19D. The topological polar surface area (TPSA) is 54.8 Å². The Labute approximate surface area is 319 Å². The third kappa shape index (κ3) is 7.15. The normalized spacial score (nSPS) is 14.1. The van der Waals surface area contributed by atoms with Gasteiger partial charge in [-0.15, -0.1) is 0 Å². The van der Waals surface area contributed by atoms with Crippen LogP contribution in [0.3, 0.4) is 0 Å². The van der Waals surface area contributed by atoms with Gasteiger partial charge in [-0.1, -0.05) is 117 Å². The smallest absolute Gasteiger partial charge is 0.150 e. The Bertz CT molecular complexity index is 2630. The molecule has 6 heteroatoms. The fourth-order valence-electron chi connectivity index (χ4n) is 6.97. The van der Waals surface area contributed by atoms with Crippen LogP contribution in [0.1, 0.15) is 102 Å². The van der Waals surface area contributed by atoms with E-state index in [0.29, 0.717) is 16.8 Å². The monoisotopic (exact) mass is 707 g/mol. The van der Waals surface area contributed by atoms with E-state index in [1.165, 1.54) is 0 Å². The molecule has 5 nitrogen and oxygen atoms in total. The van der Waals surface area contributed by atoms with Crippen molar-refractivity contribution in [3.63, 3.8) is 0 Å². The zero-order valence-corrected chi connectivity index (χ0v) is 32.0. The number of aromatic nitrogens is 3. The zero-order valence-electron chi connectivity index (χ0n) is 36.0. The van der Waals surface area contributed by atoms with Gasteiger partial charge in [-0.05, 0) is 92.5 Å². The number of hydrogen-bond acceptors (Lipinski definition) is 4. The van der Waals surface area contributed by atoms with Gasteiger partial charge in [0.1, 0.15) is 5.82 Å². The number of hydrogen-bond donors (Lipinski definition) is 2. The molecule has 0 saturated heterocycles. The van der Waals surface area contributed by atoms with E-state index in [1.54, 1.807) is 30.5 Å². The second-order valence-electron chi connectivity index (χ2n) is 16.9. The predicted molar refractivity (Wildman–Crippen MR) is 221 cm³/mol. The van der Waals surface area contributed by atoms with E-state index in [-0.39, 0.29) is 51.8 Å². The summed E-state index contributed by atoms with van der Waals surface area (Å²) in [5.74, 6) is 0.728. The third-order valence-electron chi connectivity index (χ3n) is 9.79. The Morgan fingerprint density at radius 1 is 0.660 bits per heavy atom. The number of nitrogens with one attached hydrogen (secondary N) is 2. The maximum Gasteiger partial charge on any atom is 0.150 e. The van der Waals surface area contributed by atoms with Crippen LogP contribution in [-0.4, -0.2) is 14.5 Å². The van der Waals surface area contributed by atoms with Crippen LogP contribution in [0.15, 0.2) is 122 Å². The van der Waals surface area contributed by atoms with Gasteiger partial charge in [-0.2, -0.15) is 0 Å². The Hall–Kier alpha value is -5.49. The minimum absolute atomic E-state index is 0.0967. The van der Waals surface area contributed by atoms with Crippen LogP contribution in [0.4, 0.5) is 27.1 Å². The molecule has 0 spiro atoms. The van der Waals surface area contributed by atoms with E-state index in [9.17, 15) is 0 Å². The van der Waals surface area contributed by atoms with E-state index in [1.807, 2.05) is 53.4 Å². The molecular formula is C47H50FN5. The predicted octanol–water partition coefficient (Wildman–Crippen LogP) is 13.0.